The number of carbonyl (C=O) groups excluding carboxylic acids is 2. The molecule has 4 atom stereocenters. The molecular weight excluding hydrogens is 1200 g/mol. The van der Waals surface area contributed by atoms with Crippen molar-refractivity contribution in [2.45, 2.75) is 74.0 Å². The third kappa shape index (κ3) is 13.0. The molecule has 0 unspecified atom stereocenters. The van der Waals surface area contributed by atoms with Crippen LogP contribution in [0.15, 0.2) is 119 Å². The molecule has 0 aliphatic carbocycles. The van der Waals surface area contributed by atoms with E-state index in [1.165, 1.54) is 74.3 Å². The van der Waals surface area contributed by atoms with Gasteiger partial charge in [-0.25, -0.2) is 46.1 Å². The molecule has 2 aliphatic rings. The van der Waals surface area contributed by atoms with E-state index < -0.39 is 79.8 Å². The lowest BCUT2D eigenvalue weighted by Crippen LogP contribution is -2.55. The van der Waals surface area contributed by atoms with E-state index >= 15 is 0 Å². The smallest absolute Gasteiger partial charge is 0.433 e. The molecule has 2 aliphatic heterocycles. The average molecular weight is 1270 g/mol. The Morgan fingerprint density at radius 3 is 1.24 bits per heavy atom. The maximum atomic E-state index is 14.3. The van der Waals surface area contributed by atoms with Crippen molar-refractivity contribution in [3.8, 4) is 34.0 Å². The number of sulfonamides is 2. The van der Waals surface area contributed by atoms with Gasteiger partial charge in [0.05, 0.1) is 73.1 Å². The van der Waals surface area contributed by atoms with E-state index in [4.69, 9.17) is 19.8 Å². The minimum Gasteiger partial charge on any atom is -0.497 e. The highest BCUT2D eigenvalue weighted by atomic mass is 32.2. The predicted molar refractivity (Wildman–Crippen MR) is 309 cm³/mol. The topological polar surface area (TPSA) is 287 Å². The number of fused-ring (bicyclic) bond motifs is 2. The van der Waals surface area contributed by atoms with Gasteiger partial charge in [0, 0.05) is 73.6 Å². The maximum Gasteiger partial charge on any atom is 0.433 e. The first kappa shape index (κ1) is 64.4. The molecule has 2 amide bonds. The van der Waals surface area contributed by atoms with Crippen molar-refractivity contribution < 1.29 is 72.5 Å². The number of piperazine rings is 2. The number of hydrogen-bond acceptors (Lipinski definition) is 16. The molecule has 22 nitrogen and oxygen atoms in total. The molecule has 2 saturated heterocycles. The van der Waals surface area contributed by atoms with Gasteiger partial charge in [0.25, 0.3) is 11.8 Å². The fraction of sp³-hybridized carbons (Fsp3) is 0.345. The second-order valence-electron chi connectivity index (χ2n) is 21.2. The van der Waals surface area contributed by atoms with Crippen LogP contribution in [0.5, 0.6) is 11.5 Å². The summed E-state index contributed by atoms with van der Waals surface area (Å²) < 4.78 is 145. The summed E-state index contributed by atoms with van der Waals surface area (Å²) in [4.78, 5) is 43.4. The van der Waals surface area contributed by atoms with Crippen molar-refractivity contribution in [2.75, 3.05) is 66.7 Å². The third-order valence-electron chi connectivity index (χ3n) is 15.7. The van der Waals surface area contributed by atoms with E-state index in [0.717, 1.165) is 12.4 Å². The molecule has 6 heterocycles. The van der Waals surface area contributed by atoms with Crippen molar-refractivity contribution in [2.24, 2.45) is 10.3 Å². The van der Waals surface area contributed by atoms with Crippen LogP contribution in [0.2, 0.25) is 0 Å². The van der Waals surface area contributed by atoms with Crippen LogP contribution in [0.3, 0.4) is 0 Å². The molecule has 0 radical (unpaired) electrons. The SMILES string of the molecule is COc1ccc(-c2nc3c(C(=O)N4CCN([C@@H](CO)c5cccc(S(N)(=O)=O)c5)C[C@H]4C)cnn3c(C(F)(F)F)c2C)cc1.COc1ccc(-c2nc3c(C(=O)N4CCN([C@H](CO)c5cccc(S(N)(=O)=O)c5)C[C@H]4C)cnn3c(C(F)(F)F)c2C)cc1. The summed E-state index contributed by atoms with van der Waals surface area (Å²) in [6.07, 6.45) is -7.35. The number of alkyl halides is 6. The molecule has 6 N–H and O–H groups in total. The first-order chi connectivity index (χ1) is 41.5. The maximum absolute atomic E-state index is 14.3. The van der Waals surface area contributed by atoms with Crippen LogP contribution in [-0.4, -0.2) is 166 Å². The van der Waals surface area contributed by atoms with Crippen LogP contribution in [0.4, 0.5) is 26.3 Å². The zero-order valence-corrected chi connectivity index (χ0v) is 49.9. The van der Waals surface area contributed by atoms with E-state index in [9.17, 15) is 63.0 Å². The van der Waals surface area contributed by atoms with Crippen LogP contribution in [0, 0.1) is 13.8 Å². The molecule has 468 valence electrons. The number of methoxy groups -OCH3 is 2. The normalized spacial score (nSPS) is 17.2. The van der Waals surface area contributed by atoms with Gasteiger partial charge in [-0.3, -0.25) is 19.4 Å². The number of aliphatic hydroxyl groups excluding tert-OH is 2. The van der Waals surface area contributed by atoms with E-state index in [-0.39, 0.29) is 81.0 Å². The van der Waals surface area contributed by atoms with Gasteiger partial charge in [0.2, 0.25) is 20.0 Å². The minimum atomic E-state index is -4.78. The lowest BCUT2D eigenvalue weighted by molar-refractivity contribution is -0.144. The third-order valence-corrected chi connectivity index (χ3v) is 17.5. The quantitative estimate of drug-likeness (QED) is 0.0843. The van der Waals surface area contributed by atoms with Gasteiger partial charge < -0.3 is 29.5 Å². The summed E-state index contributed by atoms with van der Waals surface area (Å²) in [5.74, 6) is -0.0157. The lowest BCUT2D eigenvalue weighted by atomic mass is 10.0. The summed E-state index contributed by atoms with van der Waals surface area (Å²) >= 11 is 0. The fourth-order valence-electron chi connectivity index (χ4n) is 11.3. The van der Waals surface area contributed by atoms with E-state index in [1.807, 2.05) is 9.80 Å². The van der Waals surface area contributed by atoms with Crippen LogP contribution in [0.25, 0.3) is 33.8 Å². The van der Waals surface area contributed by atoms with Gasteiger partial charge in [-0.1, -0.05) is 24.3 Å². The molecular formula is C58H62F6N12O10S2. The monoisotopic (exact) mass is 1260 g/mol. The molecule has 10 rings (SSSR count). The Morgan fingerprint density at radius 2 is 0.943 bits per heavy atom. The van der Waals surface area contributed by atoms with Gasteiger partial charge in [0.15, 0.2) is 22.7 Å². The molecule has 0 saturated carbocycles. The molecule has 0 spiro atoms. The number of hydrogen-bond donors (Lipinski definition) is 4. The van der Waals surface area contributed by atoms with Crippen molar-refractivity contribution in [3.05, 3.63) is 154 Å². The van der Waals surface area contributed by atoms with Crippen LogP contribution < -0.4 is 19.8 Å². The number of benzene rings is 4. The highest BCUT2D eigenvalue weighted by molar-refractivity contribution is 7.89. The summed E-state index contributed by atoms with van der Waals surface area (Å²) in [5, 5.41) is 38.8. The Labute approximate surface area is 501 Å². The Kier molecular flexibility index (Phi) is 18.4. The van der Waals surface area contributed by atoms with Gasteiger partial charge in [-0.15, -0.1) is 0 Å². The Balaban J connectivity index is 0.000000209. The van der Waals surface area contributed by atoms with Crippen molar-refractivity contribution in [1.82, 2.24) is 48.8 Å². The van der Waals surface area contributed by atoms with E-state index in [2.05, 4.69) is 20.2 Å². The molecule has 4 aromatic carbocycles. The number of nitrogens with two attached hydrogens (primary N) is 2. The Hall–Kier alpha value is -8.10. The summed E-state index contributed by atoms with van der Waals surface area (Å²) in [6, 6.07) is 22.8. The highest BCUT2D eigenvalue weighted by Gasteiger charge is 2.42. The van der Waals surface area contributed by atoms with Crippen LogP contribution in [0.1, 0.15) is 80.3 Å². The molecule has 8 aromatic rings. The number of aliphatic hydroxyl groups is 2. The predicted octanol–water partition coefficient (Wildman–Crippen LogP) is 6.52. The van der Waals surface area contributed by atoms with Crippen LogP contribution in [-0.2, 0) is 32.4 Å². The molecule has 30 heteroatoms. The lowest BCUT2D eigenvalue weighted by Gasteiger charge is -2.43. The zero-order chi connectivity index (χ0) is 63.9. The van der Waals surface area contributed by atoms with Gasteiger partial charge in [-0.05, 0) is 112 Å². The van der Waals surface area contributed by atoms with E-state index in [0.29, 0.717) is 69.0 Å². The number of halogens is 6. The highest BCUT2D eigenvalue weighted by Crippen LogP contribution is 2.40. The van der Waals surface area contributed by atoms with Gasteiger partial charge >= 0.3 is 12.4 Å². The summed E-state index contributed by atoms with van der Waals surface area (Å²) in [7, 11) is -4.95. The number of amides is 2. The first-order valence-corrected chi connectivity index (χ1v) is 30.3. The largest absolute Gasteiger partial charge is 0.497 e. The fourth-order valence-corrected chi connectivity index (χ4v) is 12.4. The van der Waals surface area contributed by atoms with Crippen molar-refractivity contribution >= 4 is 43.2 Å². The van der Waals surface area contributed by atoms with Gasteiger partial charge in [0.1, 0.15) is 22.6 Å². The van der Waals surface area contributed by atoms with Gasteiger partial charge in [-0.2, -0.15) is 36.5 Å². The average Bonchev–Trinajstić information content (AvgIpc) is 1.64. The zero-order valence-electron chi connectivity index (χ0n) is 48.2. The standard InChI is InChI=1S/2C29H31F3N6O5S/c2*1-17-15-36(24(16-39)20-5-4-6-22(13-20)44(33,41)42)11-12-37(17)28(40)23-14-34-38-26(29(30,31)32)18(2)25(35-27(23)38)19-7-9-21(43-3)10-8-19/h2*4-10,13-14,17,24,39H,11-12,15-16H2,1-3H3,(H2,33,41,42)/t17-,24+;17-,24-/m11/s1. The minimum absolute atomic E-state index is 0.0624. The second-order valence-corrected chi connectivity index (χ2v) is 24.3. The number of carbonyl (C=O) groups is 2. The van der Waals surface area contributed by atoms with Crippen molar-refractivity contribution in [1.29, 1.82) is 0 Å². The van der Waals surface area contributed by atoms with Crippen molar-refractivity contribution in [3.63, 3.8) is 0 Å². The number of nitrogens with zero attached hydrogens (tertiary/aromatic N) is 10. The van der Waals surface area contributed by atoms with E-state index in [1.54, 1.807) is 74.5 Å². The van der Waals surface area contributed by atoms with Crippen LogP contribution >= 0.6 is 0 Å². The molecule has 88 heavy (non-hydrogen) atoms. The number of aromatic nitrogens is 6. The number of rotatable bonds is 14. The molecule has 2 fully saturated rings. The molecule has 4 aromatic heterocycles. The number of primary sulfonamides is 2. The second kappa shape index (κ2) is 25.2. The molecule has 0 bridgehead atoms. The Morgan fingerprint density at radius 1 is 0.591 bits per heavy atom. The summed E-state index contributed by atoms with van der Waals surface area (Å²) in [6.45, 7) is 7.14. The Bertz CT molecular complexity index is 3890. The first-order valence-electron chi connectivity index (χ1n) is 27.3. The number of ether oxygens (including phenoxy) is 2. The summed E-state index contributed by atoms with van der Waals surface area (Å²) in [5.41, 5.74) is -0.897.